The molecule has 1 fully saturated rings. The Bertz CT molecular complexity index is 350. The Labute approximate surface area is 79.2 Å². The van der Waals surface area contributed by atoms with Gasteiger partial charge in [0.2, 0.25) is 0 Å². The first kappa shape index (κ1) is 9.30. The van der Waals surface area contributed by atoms with Crippen molar-refractivity contribution < 1.29 is 13.2 Å². The quantitative estimate of drug-likeness (QED) is 0.641. The minimum Gasteiger partial charge on any atom is -0.278 e. The highest BCUT2D eigenvalue weighted by atomic mass is 19.4. The van der Waals surface area contributed by atoms with Gasteiger partial charge in [0.15, 0.2) is 0 Å². The highest BCUT2D eigenvalue weighted by Gasteiger charge is 2.41. The summed E-state index contributed by atoms with van der Waals surface area (Å²) in [5.41, 5.74) is 2.41. The molecule has 0 aromatic heterocycles. The van der Waals surface area contributed by atoms with Crippen LogP contribution in [0.4, 0.5) is 13.2 Å². The summed E-state index contributed by atoms with van der Waals surface area (Å²) in [5, 5.41) is 3.85. The minimum absolute atomic E-state index is 0.141. The van der Waals surface area contributed by atoms with E-state index >= 15 is 0 Å². The first-order chi connectivity index (χ1) is 6.50. The van der Waals surface area contributed by atoms with Crippen molar-refractivity contribution in [2.75, 3.05) is 0 Å². The zero-order valence-corrected chi connectivity index (χ0v) is 7.41. The van der Waals surface area contributed by atoms with E-state index in [0.717, 1.165) is 6.42 Å². The lowest BCUT2D eigenvalue weighted by Gasteiger charge is -2.21. The van der Waals surface area contributed by atoms with Crippen molar-refractivity contribution in [1.29, 1.82) is 0 Å². The van der Waals surface area contributed by atoms with Crippen LogP contribution in [0.2, 0.25) is 0 Å². The molecular formula is C9H9F3N2. The zero-order chi connectivity index (χ0) is 10.3. The third kappa shape index (κ3) is 1.32. The molecule has 0 radical (unpaired) electrons. The van der Waals surface area contributed by atoms with Crippen molar-refractivity contribution in [1.82, 2.24) is 5.43 Å². The van der Waals surface area contributed by atoms with Gasteiger partial charge < -0.3 is 0 Å². The van der Waals surface area contributed by atoms with Crippen LogP contribution in [-0.2, 0) is 0 Å². The maximum atomic E-state index is 12.6. The Kier molecular flexibility index (Phi) is 1.90. The molecule has 2 rings (SSSR count). The number of nitrogens with zero attached hydrogens (tertiary/aromatic N) is 1. The normalized spacial score (nSPS) is 21.9. The topological polar surface area (TPSA) is 24.4 Å². The highest BCUT2D eigenvalue weighted by molar-refractivity contribution is 6.04. The van der Waals surface area contributed by atoms with Crippen LogP contribution in [-0.4, -0.2) is 11.9 Å². The first-order valence-corrected chi connectivity index (χ1v) is 4.32. The summed E-state index contributed by atoms with van der Waals surface area (Å²) in [6.07, 6.45) is -2.52. The van der Waals surface area contributed by atoms with E-state index in [1.165, 1.54) is 0 Å². The monoisotopic (exact) mass is 202 g/mol. The number of rotatable bonds is 0. The molecule has 76 valence electrons. The van der Waals surface area contributed by atoms with Crippen LogP contribution < -0.4 is 5.43 Å². The molecule has 2 nitrogen and oxygen atoms in total. The number of fused-ring (bicyclic) bond motifs is 1. The van der Waals surface area contributed by atoms with Crippen molar-refractivity contribution in [3.05, 3.63) is 23.4 Å². The number of hydrogen-bond acceptors (Lipinski definition) is 2. The summed E-state index contributed by atoms with van der Waals surface area (Å²) in [4.78, 5) is 0. The molecule has 5 heteroatoms. The lowest BCUT2D eigenvalue weighted by molar-refractivity contribution is -0.0905. The van der Waals surface area contributed by atoms with Crippen molar-refractivity contribution in [3.8, 4) is 0 Å². The summed E-state index contributed by atoms with van der Waals surface area (Å²) in [5.74, 6) is 0. The number of hydrazone groups is 1. The van der Waals surface area contributed by atoms with E-state index in [0.29, 0.717) is 24.1 Å². The van der Waals surface area contributed by atoms with Crippen molar-refractivity contribution in [2.45, 2.75) is 25.4 Å². The van der Waals surface area contributed by atoms with Gasteiger partial charge in [-0.25, -0.2) is 0 Å². The molecule has 0 bridgehead atoms. The van der Waals surface area contributed by atoms with Crippen molar-refractivity contribution in [2.24, 2.45) is 5.10 Å². The third-order valence-corrected chi connectivity index (χ3v) is 2.40. The van der Waals surface area contributed by atoms with Crippen LogP contribution in [0.5, 0.6) is 0 Å². The highest BCUT2D eigenvalue weighted by Crippen LogP contribution is 2.39. The molecule has 1 aliphatic carbocycles. The van der Waals surface area contributed by atoms with Crippen LogP contribution in [0.15, 0.2) is 28.5 Å². The van der Waals surface area contributed by atoms with Gasteiger partial charge in [-0.1, -0.05) is 6.58 Å². The molecule has 0 atom stereocenters. The molecule has 0 unspecified atom stereocenters. The van der Waals surface area contributed by atoms with Crippen molar-refractivity contribution >= 4 is 5.71 Å². The molecule has 1 saturated carbocycles. The number of alkyl halides is 3. The Morgan fingerprint density at radius 1 is 1.29 bits per heavy atom. The molecule has 2 aliphatic rings. The van der Waals surface area contributed by atoms with Gasteiger partial charge in [0, 0.05) is 0 Å². The van der Waals surface area contributed by atoms with Gasteiger partial charge in [-0.15, -0.1) is 0 Å². The number of hydrogen-bond donors (Lipinski definition) is 1. The summed E-state index contributed by atoms with van der Waals surface area (Å²) < 4.78 is 37.8. The molecule has 0 aromatic rings. The fourth-order valence-electron chi connectivity index (χ4n) is 1.84. The van der Waals surface area contributed by atoms with E-state index in [4.69, 9.17) is 0 Å². The molecule has 14 heavy (non-hydrogen) atoms. The van der Waals surface area contributed by atoms with Gasteiger partial charge >= 0.3 is 6.18 Å². The van der Waals surface area contributed by atoms with Gasteiger partial charge in [-0.2, -0.15) is 18.3 Å². The fourth-order valence-corrected chi connectivity index (χ4v) is 1.84. The maximum Gasteiger partial charge on any atom is 0.418 e. The number of halogens is 3. The molecule has 1 N–H and O–H groups in total. The van der Waals surface area contributed by atoms with Gasteiger partial charge in [0.1, 0.15) is 0 Å². The predicted molar refractivity (Wildman–Crippen MR) is 46.6 cm³/mol. The van der Waals surface area contributed by atoms with Crippen LogP contribution in [0.25, 0.3) is 0 Å². The van der Waals surface area contributed by atoms with E-state index in [1.807, 2.05) is 0 Å². The summed E-state index contributed by atoms with van der Waals surface area (Å²) in [7, 11) is 0. The first-order valence-electron chi connectivity index (χ1n) is 4.32. The van der Waals surface area contributed by atoms with Gasteiger partial charge in [-0.05, 0) is 24.8 Å². The fraction of sp³-hybridized carbons (Fsp3) is 0.444. The van der Waals surface area contributed by atoms with Gasteiger partial charge in [0.25, 0.3) is 0 Å². The van der Waals surface area contributed by atoms with Crippen LogP contribution in [0.1, 0.15) is 19.3 Å². The maximum absolute atomic E-state index is 12.6. The number of nitrogens with one attached hydrogen (secondary N) is 1. The van der Waals surface area contributed by atoms with Crippen molar-refractivity contribution in [3.63, 3.8) is 0 Å². The molecule has 0 spiro atoms. The summed E-state index contributed by atoms with van der Waals surface area (Å²) in [6.45, 7) is 3.33. The second-order valence-electron chi connectivity index (χ2n) is 3.35. The second-order valence-corrected chi connectivity index (χ2v) is 3.35. The van der Waals surface area contributed by atoms with Crippen LogP contribution in [0.3, 0.4) is 0 Å². The van der Waals surface area contributed by atoms with Crippen LogP contribution >= 0.6 is 0 Å². The lowest BCUT2D eigenvalue weighted by atomic mass is 10.0. The lowest BCUT2D eigenvalue weighted by Crippen LogP contribution is -2.27. The molecule has 1 aliphatic heterocycles. The molecule has 0 saturated heterocycles. The molecular weight excluding hydrogens is 193 g/mol. The average molecular weight is 202 g/mol. The molecule has 0 aromatic carbocycles. The predicted octanol–water partition coefficient (Wildman–Crippen LogP) is 2.50. The average Bonchev–Trinajstić information content (AvgIpc) is 2.48. The largest absolute Gasteiger partial charge is 0.418 e. The Balaban J connectivity index is 2.52. The zero-order valence-electron chi connectivity index (χ0n) is 7.41. The molecule has 0 amide bonds. The van der Waals surface area contributed by atoms with E-state index in [9.17, 15) is 13.2 Å². The smallest absolute Gasteiger partial charge is 0.278 e. The summed E-state index contributed by atoms with van der Waals surface area (Å²) in [6, 6.07) is 0. The van der Waals surface area contributed by atoms with Crippen LogP contribution in [0, 0.1) is 0 Å². The Morgan fingerprint density at radius 3 is 2.64 bits per heavy atom. The Morgan fingerprint density at radius 2 is 2.00 bits per heavy atom. The number of allylic oxidation sites excluding steroid dienone is 2. The standard InChI is InChI=1S/C9H9F3N2/c1-5-8(9(10,11)12)6-3-2-4-7(6)14-13-5/h13H,1-4H2. The van der Waals surface area contributed by atoms with Gasteiger partial charge in [0.05, 0.1) is 17.0 Å². The second kappa shape index (κ2) is 2.87. The van der Waals surface area contributed by atoms with E-state index in [1.54, 1.807) is 0 Å². The minimum atomic E-state index is -4.33. The third-order valence-electron chi connectivity index (χ3n) is 2.40. The SMILES string of the molecule is C=C1NN=C2CCCC2=C1C(F)(F)F. The summed E-state index contributed by atoms with van der Waals surface area (Å²) >= 11 is 0. The Hall–Kier alpha value is -1.26. The van der Waals surface area contributed by atoms with E-state index < -0.39 is 11.7 Å². The van der Waals surface area contributed by atoms with E-state index in [2.05, 4.69) is 17.1 Å². The van der Waals surface area contributed by atoms with E-state index in [-0.39, 0.29) is 5.70 Å². The van der Waals surface area contributed by atoms with Gasteiger partial charge in [-0.3, -0.25) is 5.43 Å². The molecule has 1 heterocycles.